The van der Waals surface area contributed by atoms with Crippen molar-refractivity contribution in [2.45, 2.75) is 46.1 Å². The fraction of sp³-hybridized carbons (Fsp3) is 0.524. The van der Waals surface area contributed by atoms with Crippen LogP contribution in [0.15, 0.2) is 24.5 Å². The average molecular weight is 402 g/mol. The van der Waals surface area contributed by atoms with E-state index in [2.05, 4.69) is 41.0 Å². The molecule has 0 radical (unpaired) electrons. The molecule has 1 saturated carbocycles. The molecule has 1 aliphatic carbocycles. The number of nitrogens with zero attached hydrogens (tertiary/aromatic N) is 3. The quantitative estimate of drug-likeness (QED) is 0.761. The summed E-state index contributed by atoms with van der Waals surface area (Å²) in [6.07, 6.45) is 5.13. The first kappa shape index (κ1) is 19.1. The highest BCUT2D eigenvalue weighted by molar-refractivity contribution is 6.31. The summed E-state index contributed by atoms with van der Waals surface area (Å²) in [5.74, 6) is 2.05. The van der Waals surface area contributed by atoms with E-state index in [1.54, 1.807) is 25.6 Å². The summed E-state index contributed by atoms with van der Waals surface area (Å²) in [5, 5.41) is 3.88. The lowest BCUT2D eigenvalue weighted by molar-refractivity contribution is 0.136. The molecule has 2 bridgehead atoms. The third-order valence-corrected chi connectivity index (χ3v) is 6.20. The zero-order chi connectivity index (χ0) is 20.1. The number of hydrogen-bond donors (Lipinski definition) is 2. The van der Waals surface area contributed by atoms with Crippen molar-refractivity contribution < 1.29 is 4.74 Å². The SMILES string of the molecule is COc1ccc(Cl)cc1Nc1ncnc(N2CC3(C)CC2CC(C)(C)C3)c1N. The summed E-state index contributed by atoms with van der Waals surface area (Å²) in [6.45, 7) is 8.09. The van der Waals surface area contributed by atoms with Crippen molar-refractivity contribution in [2.75, 3.05) is 29.6 Å². The van der Waals surface area contributed by atoms with Crippen molar-refractivity contribution in [3.05, 3.63) is 29.5 Å². The van der Waals surface area contributed by atoms with Crippen molar-refractivity contribution in [2.24, 2.45) is 10.8 Å². The maximum absolute atomic E-state index is 6.53. The van der Waals surface area contributed by atoms with Gasteiger partial charge in [-0.3, -0.25) is 0 Å². The number of aromatic nitrogens is 2. The fourth-order valence-corrected chi connectivity index (χ4v) is 5.50. The Morgan fingerprint density at radius 3 is 2.79 bits per heavy atom. The van der Waals surface area contributed by atoms with Crippen LogP contribution in [-0.4, -0.2) is 29.7 Å². The van der Waals surface area contributed by atoms with E-state index in [-0.39, 0.29) is 0 Å². The van der Waals surface area contributed by atoms with Crippen LogP contribution in [-0.2, 0) is 0 Å². The Labute approximate surface area is 171 Å². The van der Waals surface area contributed by atoms with Crippen LogP contribution < -0.4 is 20.7 Å². The smallest absolute Gasteiger partial charge is 0.159 e. The van der Waals surface area contributed by atoms with E-state index in [0.717, 1.165) is 24.5 Å². The number of anilines is 4. The van der Waals surface area contributed by atoms with Crippen molar-refractivity contribution >= 4 is 34.6 Å². The second-order valence-electron chi connectivity index (χ2n) is 9.27. The maximum atomic E-state index is 6.53. The first-order valence-corrected chi connectivity index (χ1v) is 10.1. The van der Waals surface area contributed by atoms with E-state index < -0.39 is 0 Å². The molecule has 28 heavy (non-hydrogen) atoms. The Morgan fingerprint density at radius 2 is 2.04 bits per heavy atom. The predicted molar refractivity (Wildman–Crippen MR) is 115 cm³/mol. The van der Waals surface area contributed by atoms with Crippen molar-refractivity contribution in [3.63, 3.8) is 0 Å². The highest BCUT2D eigenvalue weighted by Crippen LogP contribution is 2.54. The summed E-state index contributed by atoms with van der Waals surface area (Å²) in [4.78, 5) is 11.3. The lowest BCUT2D eigenvalue weighted by Gasteiger charge is -2.39. The number of halogens is 1. The molecular weight excluding hydrogens is 374 g/mol. The summed E-state index contributed by atoms with van der Waals surface area (Å²) in [6, 6.07) is 5.86. The number of benzene rings is 1. The van der Waals surface area contributed by atoms with Gasteiger partial charge in [0.1, 0.15) is 17.8 Å². The van der Waals surface area contributed by atoms with Crippen LogP contribution in [0, 0.1) is 10.8 Å². The molecule has 3 N–H and O–H groups in total. The van der Waals surface area contributed by atoms with E-state index in [9.17, 15) is 0 Å². The minimum Gasteiger partial charge on any atom is -0.495 e. The highest BCUT2D eigenvalue weighted by Gasteiger charge is 2.50. The van der Waals surface area contributed by atoms with E-state index >= 15 is 0 Å². The Bertz CT molecular complexity index is 902. The lowest BCUT2D eigenvalue weighted by atomic mass is 9.65. The average Bonchev–Trinajstić information content (AvgIpc) is 2.85. The van der Waals surface area contributed by atoms with Gasteiger partial charge >= 0.3 is 0 Å². The normalized spacial score (nSPS) is 25.6. The Balaban J connectivity index is 1.66. The van der Waals surface area contributed by atoms with Gasteiger partial charge in [-0.2, -0.15) is 0 Å². The maximum Gasteiger partial charge on any atom is 0.159 e. The number of hydrogen-bond acceptors (Lipinski definition) is 6. The molecule has 7 heteroatoms. The van der Waals surface area contributed by atoms with Crippen LogP contribution in [0.25, 0.3) is 0 Å². The highest BCUT2D eigenvalue weighted by atomic mass is 35.5. The molecular formula is C21H28ClN5O. The van der Waals surface area contributed by atoms with Gasteiger partial charge in [-0.1, -0.05) is 32.4 Å². The van der Waals surface area contributed by atoms with Gasteiger partial charge in [0.25, 0.3) is 0 Å². The third kappa shape index (κ3) is 3.46. The molecule has 1 saturated heterocycles. The zero-order valence-corrected chi connectivity index (χ0v) is 17.7. The Morgan fingerprint density at radius 1 is 1.25 bits per heavy atom. The molecule has 0 spiro atoms. The standard InChI is InChI=1S/C21H28ClN5O/c1-20(2)8-14-9-21(3,10-20)11-27(14)19-17(23)18(24-12-25-19)26-15-7-13(22)5-6-16(15)28-4/h5-7,12,14H,8-11,23H2,1-4H3,(H,24,25,26). The number of nitrogens with one attached hydrogen (secondary N) is 1. The molecule has 0 amide bonds. The molecule has 6 nitrogen and oxygen atoms in total. The molecule has 2 aromatic rings. The molecule has 1 aromatic carbocycles. The second kappa shape index (κ2) is 6.69. The van der Waals surface area contributed by atoms with E-state index in [1.807, 2.05) is 6.07 Å². The van der Waals surface area contributed by atoms with E-state index in [0.29, 0.717) is 39.1 Å². The van der Waals surface area contributed by atoms with Crippen molar-refractivity contribution in [1.29, 1.82) is 0 Å². The monoisotopic (exact) mass is 401 g/mol. The molecule has 4 rings (SSSR count). The van der Waals surface area contributed by atoms with Gasteiger partial charge in [-0.05, 0) is 48.3 Å². The van der Waals surface area contributed by atoms with Crippen LogP contribution in [0.4, 0.5) is 23.0 Å². The molecule has 2 heterocycles. The number of rotatable bonds is 4. The van der Waals surface area contributed by atoms with Crippen molar-refractivity contribution in [1.82, 2.24) is 9.97 Å². The largest absolute Gasteiger partial charge is 0.495 e. The topological polar surface area (TPSA) is 76.3 Å². The number of nitrogens with two attached hydrogens (primary N) is 1. The number of fused-ring (bicyclic) bond motifs is 2. The fourth-order valence-electron chi connectivity index (χ4n) is 5.33. The second-order valence-corrected chi connectivity index (χ2v) is 9.71. The summed E-state index contributed by atoms with van der Waals surface area (Å²) in [5.41, 5.74) is 8.44. The van der Waals surface area contributed by atoms with Crippen LogP contribution in [0.2, 0.25) is 5.02 Å². The van der Waals surface area contributed by atoms with E-state index in [1.165, 1.54) is 12.8 Å². The van der Waals surface area contributed by atoms with Crippen LogP contribution in [0.1, 0.15) is 40.0 Å². The van der Waals surface area contributed by atoms with Crippen molar-refractivity contribution in [3.8, 4) is 5.75 Å². The molecule has 2 atom stereocenters. The summed E-state index contributed by atoms with van der Waals surface area (Å²) < 4.78 is 5.42. The van der Waals surface area contributed by atoms with Crippen LogP contribution in [0.3, 0.4) is 0 Å². The van der Waals surface area contributed by atoms with Gasteiger partial charge in [-0.15, -0.1) is 0 Å². The molecule has 2 unspecified atom stereocenters. The minimum absolute atomic E-state index is 0.299. The van der Waals surface area contributed by atoms with Crippen LogP contribution >= 0.6 is 11.6 Å². The van der Waals surface area contributed by atoms with Gasteiger partial charge in [0.05, 0.1) is 12.8 Å². The molecule has 1 aliphatic heterocycles. The van der Waals surface area contributed by atoms with Gasteiger partial charge in [0.15, 0.2) is 11.6 Å². The van der Waals surface area contributed by atoms with Gasteiger partial charge < -0.3 is 20.7 Å². The lowest BCUT2D eigenvalue weighted by Crippen LogP contribution is -2.35. The molecule has 2 fully saturated rings. The Hall–Kier alpha value is -2.21. The van der Waals surface area contributed by atoms with Gasteiger partial charge in [0.2, 0.25) is 0 Å². The zero-order valence-electron chi connectivity index (χ0n) is 16.9. The number of methoxy groups -OCH3 is 1. The van der Waals surface area contributed by atoms with E-state index in [4.69, 9.17) is 22.1 Å². The molecule has 2 aliphatic rings. The summed E-state index contributed by atoms with van der Waals surface area (Å²) >= 11 is 6.15. The number of nitrogen functional groups attached to an aromatic ring is 1. The minimum atomic E-state index is 0.299. The third-order valence-electron chi connectivity index (χ3n) is 5.96. The Kier molecular flexibility index (Phi) is 4.57. The van der Waals surface area contributed by atoms with Crippen LogP contribution in [0.5, 0.6) is 5.75 Å². The predicted octanol–water partition coefficient (Wildman–Crippen LogP) is 4.87. The first-order valence-electron chi connectivity index (χ1n) is 9.67. The molecule has 1 aromatic heterocycles. The first-order chi connectivity index (χ1) is 13.2. The molecule has 150 valence electrons. The van der Waals surface area contributed by atoms with Gasteiger partial charge in [-0.25, -0.2) is 9.97 Å². The number of ether oxygens (including phenoxy) is 1. The van der Waals surface area contributed by atoms with Gasteiger partial charge in [0, 0.05) is 17.6 Å². The summed E-state index contributed by atoms with van der Waals surface area (Å²) in [7, 11) is 1.62.